The molecule has 3 aromatic rings. The summed E-state index contributed by atoms with van der Waals surface area (Å²) in [6, 6.07) is 25.9. The quantitative estimate of drug-likeness (QED) is 0.581. The van der Waals surface area contributed by atoms with Crippen LogP contribution >= 0.6 is 0 Å². The highest BCUT2D eigenvalue weighted by atomic mass is 16.6. The number of hydrogen-bond acceptors (Lipinski definition) is 5. The topological polar surface area (TPSA) is 76.7 Å². The predicted octanol–water partition coefficient (Wildman–Crippen LogP) is 3.99. The second-order valence-electron chi connectivity index (χ2n) is 5.88. The molecule has 0 atom stereocenters. The van der Waals surface area contributed by atoms with Gasteiger partial charge >= 0.3 is 5.97 Å². The van der Waals surface area contributed by atoms with Gasteiger partial charge in [0.1, 0.15) is 5.75 Å². The minimum absolute atomic E-state index is 0.274. The monoisotopic (exact) mass is 376 g/mol. The molecule has 3 rings (SSSR count). The van der Waals surface area contributed by atoms with E-state index in [-0.39, 0.29) is 13.2 Å². The predicted molar refractivity (Wildman–Crippen MR) is 108 cm³/mol. The summed E-state index contributed by atoms with van der Waals surface area (Å²) in [5.41, 5.74) is 2.52. The van der Waals surface area contributed by atoms with Crippen molar-refractivity contribution in [3.63, 3.8) is 0 Å². The molecule has 6 nitrogen and oxygen atoms in total. The largest absolute Gasteiger partial charge is 0.482 e. The molecule has 6 heteroatoms. The van der Waals surface area contributed by atoms with E-state index in [1.165, 1.54) is 0 Å². The highest BCUT2D eigenvalue weighted by Gasteiger charge is 2.09. The van der Waals surface area contributed by atoms with Crippen LogP contribution in [0.2, 0.25) is 0 Å². The van der Waals surface area contributed by atoms with E-state index in [4.69, 9.17) is 9.47 Å². The van der Waals surface area contributed by atoms with Gasteiger partial charge in [0.2, 0.25) is 0 Å². The lowest BCUT2D eigenvalue weighted by atomic mass is 10.2. The fourth-order valence-corrected chi connectivity index (χ4v) is 2.37. The van der Waals surface area contributed by atoms with E-state index >= 15 is 0 Å². The maximum absolute atomic E-state index is 11.7. The number of rotatable bonds is 8. The van der Waals surface area contributed by atoms with Crippen LogP contribution in [0.3, 0.4) is 0 Å². The first-order valence-electron chi connectivity index (χ1n) is 8.74. The van der Waals surface area contributed by atoms with Crippen molar-refractivity contribution >= 4 is 28.9 Å². The fourth-order valence-electron chi connectivity index (χ4n) is 2.37. The van der Waals surface area contributed by atoms with Crippen LogP contribution in [0.25, 0.3) is 0 Å². The Hall–Kier alpha value is -3.80. The lowest BCUT2D eigenvalue weighted by Crippen LogP contribution is -2.23. The van der Waals surface area contributed by atoms with Crippen LogP contribution in [0.4, 0.5) is 17.1 Å². The Bertz CT molecular complexity index is 897. The van der Waals surface area contributed by atoms with Crippen molar-refractivity contribution < 1.29 is 19.1 Å². The third kappa shape index (κ3) is 6.17. The van der Waals surface area contributed by atoms with E-state index in [2.05, 4.69) is 10.6 Å². The molecule has 0 bridgehead atoms. The molecule has 2 N–H and O–H groups in total. The van der Waals surface area contributed by atoms with Gasteiger partial charge in [-0.15, -0.1) is 0 Å². The Kier molecular flexibility index (Phi) is 6.62. The van der Waals surface area contributed by atoms with Gasteiger partial charge in [0.05, 0.1) is 0 Å². The fraction of sp³-hybridized carbons (Fsp3) is 0.0909. The lowest BCUT2D eigenvalue weighted by molar-refractivity contribution is -0.149. The highest BCUT2D eigenvalue weighted by molar-refractivity contribution is 5.92. The maximum atomic E-state index is 11.7. The zero-order valence-electron chi connectivity index (χ0n) is 15.1. The van der Waals surface area contributed by atoms with Gasteiger partial charge in [0, 0.05) is 17.1 Å². The van der Waals surface area contributed by atoms with Crippen molar-refractivity contribution in [3.05, 3.63) is 84.9 Å². The Morgan fingerprint density at radius 1 is 0.679 bits per heavy atom. The summed E-state index contributed by atoms with van der Waals surface area (Å²) in [7, 11) is 0. The first-order valence-corrected chi connectivity index (χ1v) is 8.74. The molecular formula is C22H20N2O4. The second kappa shape index (κ2) is 9.78. The molecule has 0 fully saturated rings. The van der Waals surface area contributed by atoms with Gasteiger partial charge < -0.3 is 20.1 Å². The first kappa shape index (κ1) is 19.0. The molecule has 0 radical (unpaired) electrons. The Morgan fingerprint density at radius 2 is 1.25 bits per heavy atom. The molecule has 1 amide bonds. The number of ether oxygens (including phenoxy) is 2. The molecule has 0 unspecified atom stereocenters. The van der Waals surface area contributed by atoms with Crippen LogP contribution in [0.15, 0.2) is 84.9 Å². The smallest absolute Gasteiger partial charge is 0.344 e. The standard InChI is InChI=1S/C22H20N2O4/c25-21(24-18-9-5-2-6-10-18)15-28-22(26)16-27-20-13-11-19(12-14-20)23-17-7-3-1-4-8-17/h1-14,23H,15-16H2,(H,24,25). The SMILES string of the molecule is O=C(COC(=O)COc1ccc(Nc2ccccc2)cc1)Nc1ccccc1. The van der Waals surface area contributed by atoms with Crippen molar-refractivity contribution in [1.29, 1.82) is 0 Å². The van der Waals surface area contributed by atoms with E-state index in [0.717, 1.165) is 11.4 Å². The van der Waals surface area contributed by atoms with E-state index in [0.29, 0.717) is 11.4 Å². The summed E-state index contributed by atoms with van der Waals surface area (Å²) < 4.78 is 10.3. The molecule has 0 saturated heterocycles. The number of esters is 1. The van der Waals surface area contributed by atoms with Crippen molar-refractivity contribution in [1.82, 2.24) is 0 Å². The van der Waals surface area contributed by atoms with E-state index in [1.54, 1.807) is 36.4 Å². The van der Waals surface area contributed by atoms with Gasteiger partial charge in [0.15, 0.2) is 13.2 Å². The zero-order chi connectivity index (χ0) is 19.6. The number of benzene rings is 3. The number of para-hydroxylation sites is 2. The average Bonchev–Trinajstić information content (AvgIpc) is 2.73. The third-order valence-electron chi connectivity index (χ3n) is 3.70. The van der Waals surface area contributed by atoms with Crippen LogP contribution in [-0.2, 0) is 14.3 Å². The van der Waals surface area contributed by atoms with Crippen LogP contribution in [0.5, 0.6) is 5.75 Å². The number of amides is 1. The van der Waals surface area contributed by atoms with Gasteiger partial charge in [-0.3, -0.25) is 4.79 Å². The van der Waals surface area contributed by atoms with Gasteiger partial charge in [0.25, 0.3) is 5.91 Å². The lowest BCUT2D eigenvalue weighted by Gasteiger charge is -2.09. The van der Waals surface area contributed by atoms with Crippen LogP contribution in [-0.4, -0.2) is 25.1 Å². The molecule has 0 aliphatic rings. The van der Waals surface area contributed by atoms with Crippen molar-refractivity contribution in [3.8, 4) is 5.75 Å². The molecule has 0 saturated carbocycles. The Balaban J connectivity index is 1.39. The Morgan fingerprint density at radius 3 is 1.89 bits per heavy atom. The summed E-state index contributed by atoms with van der Waals surface area (Å²) in [6.45, 7) is -0.638. The van der Waals surface area contributed by atoms with Crippen LogP contribution < -0.4 is 15.4 Å². The van der Waals surface area contributed by atoms with Crippen LogP contribution in [0, 0.1) is 0 Å². The molecule has 28 heavy (non-hydrogen) atoms. The highest BCUT2D eigenvalue weighted by Crippen LogP contribution is 2.19. The molecule has 0 heterocycles. The first-order chi connectivity index (χ1) is 13.7. The average molecular weight is 376 g/mol. The molecule has 0 aliphatic carbocycles. The summed E-state index contributed by atoms with van der Waals surface area (Å²) in [5, 5.41) is 5.89. The van der Waals surface area contributed by atoms with Crippen LogP contribution in [0.1, 0.15) is 0 Å². The molecule has 0 aromatic heterocycles. The zero-order valence-corrected chi connectivity index (χ0v) is 15.1. The number of hydrogen-bond donors (Lipinski definition) is 2. The second-order valence-corrected chi connectivity index (χ2v) is 5.88. The molecule has 142 valence electrons. The summed E-state index contributed by atoms with van der Waals surface area (Å²) in [4.78, 5) is 23.5. The van der Waals surface area contributed by atoms with Gasteiger partial charge in [-0.25, -0.2) is 4.79 Å². The Labute approximate surface area is 163 Å². The van der Waals surface area contributed by atoms with Gasteiger partial charge in [-0.05, 0) is 48.5 Å². The van der Waals surface area contributed by atoms with Crippen molar-refractivity contribution in [2.45, 2.75) is 0 Å². The number of nitrogens with one attached hydrogen (secondary N) is 2. The van der Waals surface area contributed by atoms with E-state index in [9.17, 15) is 9.59 Å². The molecule has 0 aliphatic heterocycles. The van der Waals surface area contributed by atoms with Gasteiger partial charge in [-0.2, -0.15) is 0 Å². The molecular weight excluding hydrogens is 356 g/mol. The maximum Gasteiger partial charge on any atom is 0.344 e. The van der Waals surface area contributed by atoms with Crippen molar-refractivity contribution in [2.24, 2.45) is 0 Å². The number of carbonyl (C=O) groups excluding carboxylic acids is 2. The minimum Gasteiger partial charge on any atom is -0.482 e. The minimum atomic E-state index is -0.616. The normalized spacial score (nSPS) is 10.0. The van der Waals surface area contributed by atoms with E-state index < -0.39 is 11.9 Å². The van der Waals surface area contributed by atoms with Gasteiger partial charge in [-0.1, -0.05) is 36.4 Å². The number of anilines is 3. The summed E-state index contributed by atoms with van der Waals surface area (Å²) >= 11 is 0. The molecule has 0 spiro atoms. The van der Waals surface area contributed by atoms with E-state index in [1.807, 2.05) is 48.5 Å². The summed E-state index contributed by atoms with van der Waals surface area (Å²) in [6.07, 6.45) is 0. The number of carbonyl (C=O) groups is 2. The molecule has 3 aromatic carbocycles. The third-order valence-corrected chi connectivity index (χ3v) is 3.70. The summed E-state index contributed by atoms with van der Waals surface area (Å²) in [5.74, 6) is -0.491. The van der Waals surface area contributed by atoms with Crippen molar-refractivity contribution in [2.75, 3.05) is 23.8 Å².